The van der Waals surface area contributed by atoms with E-state index in [-0.39, 0.29) is 12.5 Å². The van der Waals surface area contributed by atoms with E-state index < -0.39 is 0 Å². The van der Waals surface area contributed by atoms with E-state index in [1.54, 1.807) is 24.1 Å². The molecule has 0 saturated carbocycles. The lowest BCUT2D eigenvalue weighted by molar-refractivity contribution is 0.0949. The summed E-state index contributed by atoms with van der Waals surface area (Å²) in [6.45, 7) is 2.46. The van der Waals surface area contributed by atoms with Gasteiger partial charge < -0.3 is 11.1 Å². The fourth-order valence-corrected chi connectivity index (χ4v) is 1.82. The van der Waals surface area contributed by atoms with Crippen molar-refractivity contribution in [1.82, 2.24) is 20.1 Å². The van der Waals surface area contributed by atoms with Crippen LogP contribution in [0.4, 0.5) is 0 Å². The Balaban J connectivity index is 2.10. The number of carbonyl (C=O) groups excluding carboxylic acids is 1. The van der Waals surface area contributed by atoms with E-state index in [9.17, 15) is 4.79 Å². The summed E-state index contributed by atoms with van der Waals surface area (Å²) in [7, 11) is 1.78. The molecule has 0 aliphatic rings. The van der Waals surface area contributed by atoms with Gasteiger partial charge in [0.05, 0.1) is 13.1 Å². The highest BCUT2D eigenvalue weighted by Gasteiger charge is 2.10. The number of benzene rings is 1. The van der Waals surface area contributed by atoms with Crippen LogP contribution in [-0.2, 0) is 13.6 Å². The second-order valence-corrected chi connectivity index (χ2v) is 4.55. The first-order valence-electron chi connectivity index (χ1n) is 6.52. The van der Waals surface area contributed by atoms with E-state index in [4.69, 9.17) is 5.73 Å². The number of nitrogens with one attached hydrogen (secondary N) is 1. The Kier molecular flexibility index (Phi) is 4.69. The first-order valence-corrected chi connectivity index (χ1v) is 6.52. The largest absolute Gasteiger partial charge is 0.345 e. The number of rotatable bonds is 3. The molecule has 0 saturated heterocycles. The summed E-state index contributed by atoms with van der Waals surface area (Å²) in [5, 5.41) is 6.91. The van der Waals surface area contributed by atoms with Crippen molar-refractivity contribution in [1.29, 1.82) is 0 Å². The molecule has 0 atom stereocenters. The molecule has 0 radical (unpaired) electrons. The highest BCUT2D eigenvalue weighted by molar-refractivity contribution is 5.95. The Morgan fingerprint density at radius 3 is 2.95 bits per heavy atom. The number of hydrogen-bond acceptors (Lipinski definition) is 4. The maximum Gasteiger partial charge on any atom is 0.251 e. The Labute approximate surface area is 123 Å². The van der Waals surface area contributed by atoms with Gasteiger partial charge in [-0.15, -0.1) is 0 Å². The first-order chi connectivity index (χ1) is 10.1. The minimum Gasteiger partial charge on any atom is -0.345 e. The van der Waals surface area contributed by atoms with Crippen LogP contribution < -0.4 is 11.1 Å². The normalized spacial score (nSPS) is 9.86. The molecule has 6 nitrogen and oxygen atoms in total. The Morgan fingerprint density at radius 2 is 2.29 bits per heavy atom. The van der Waals surface area contributed by atoms with E-state index in [2.05, 4.69) is 27.2 Å². The predicted molar refractivity (Wildman–Crippen MR) is 79.3 cm³/mol. The Hall–Kier alpha value is -2.65. The lowest BCUT2D eigenvalue weighted by Gasteiger charge is -2.06. The Morgan fingerprint density at radius 1 is 1.48 bits per heavy atom. The number of amides is 1. The van der Waals surface area contributed by atoms with Crippen LogP contribution in [0.5, 0.6) is 0 Å². The van der Waals surface area contributed by atoms with E-state index in [1.807, 2.05) is 19.1 Å². The zero-order valence-corrected chi connectivity index (χ0v) is 12.1. The SMILES string of the molecule is Cc1ccc(C#CCN)cc1C(=O)NCc1ncn(C)n1. The van der Waals surface area contributed by atoms with E-state index >= 15 is 0 Å². The summed E-state index contributed by atoms with van der Waals surface area (Å²) in [5.74, 6) is 6.10. The minimum atomic E-state index is -0.170. The fourth-order valence-electron chi connectivity index (χ4n) is 1.82. The quantitative estimate of drug-likeness (QED) is 0.797. The lowest BCUT2D eigenvalue weighted by atomic mass is 10.0. The number of aromatic nitrogens is 3. The second kappa shape index (κ2) is 6.68. The Bertz CT molecular complexity index is 708. The van der Waals surface area contributed by atoms with Gasteiger partial charge >= 0.3 is 0 Å². The van der Waals surface area contributed by atoms with Gasteiger partial charge in [0.2, 0.25) is 0 Å². The van der Waals surface area contributed by atoms with Crippen LogP contribution >= 0.6 is 0 Å². The van der Waals surface area contributed by atoms with E-state index in [1.165, 1.54) is 0 Å². The number of nitrogens with zero attached hydrogens (tertiary/aromatic N) is 3. The van der Waals surface area contributed by atoms with Crippen LogP contribution in [0.1, 0.15) is 27.3 Å². The molecule has 0 aliphatic heterocycles. The summed E-state index contributed by atoms with van der Waals surface area (Å²) >= 11 is 0. The predicted octanol–water partition coefficient (Wildman–Crippen LogP) is 0.364. The highest BCUT2D eigenvalue weighted by atomic mass is 16.1. The van der Waals surface area contributed by atoms with Crippen LogP contribution in [-0.4, -0.2) is 27.2 Å². The third kappa shape index (κ3) is 3.91. The van der Waals surface area contributed by atoms with Gasteiger partial charge in [-0.2, -0.15) is 5.10 Å². The van der Waals surface area contributed by atoms with E-state index in [0.29, 0.717) is 17.9 Å². The molecular weight excluding hydrogens is 266 g/mol. The molecule has 1 heterocycles. The van der Waals surface area contributed by atoms with Crippen LogP contribution in [0.15, 0.2) is 24.5 Å². The molecule has 1 aromatic carbocycles. The van der Waals surface area contributed by atoms with Gasteiger partial charge in [0.1, 0.15) is 6.33 Å². The molecule has 2 aromatic rings. The van der Waals surface area contributed by atoms with Crippen LogP contribution in [0.3, 0.4) is 0 Å². The molecule has 0 bridgehead atoms. The summed E-state index contributed by atoms with van der Waals surface area (Å²) in [5.41, 5.74) is 7.60. The standard InChI is InChI=1S/C15H17N5O/c1-11-5-6-12(4-3-7-16)8-13(11)15(21)17-9-14-18-10-20(2)19-14/h5-6,8,10H,7,9,16H2,1-2H3,(H,17,21). The first kappa shape index (κ1) is 14.8. The van der Waals surface area contributed by atoms with Gasteiger partial charge in [0.15, 0.2) is 5.82 Å². The molecule has 3 N–H and O–H groups in total. The van der Waals surface area contributed by atoms with Gasteiger partial charge in [0, 0.05) is 18.2 Å². The van der Waals surface area contributed by atoms with Crippen molar-refractivity contribution in [3.8, 4) is 11.8 Å². The van der Waals surface area contributed by atoms with Crippen molar-refractivity contribution in [3.05, 3.63) is 47.0 Å². The van der Waals surface area contributed by atoms with Crippen LogP contribution in [0.2, 0.25) is 0 Å². The van der Waals surface area contributed by atoms with Crippen molar-refractivity contribution in [2.24, 2.45) is 12.8 Å². The summed E-state index contributed by atoms with van der Waals surface area (Å²) in [4.78, 5) is 16.3. The fraction of sp³-hybridized carbons (Fsp3) is 0.267. The third-order valence-corrected chi connectivity index (χ3v) is 2.87. The number of aryl methyl sites for hydroxylation is 2. The molecule has 21 heavy (non-hydrogen) atoms. The van der Waals surface area contributed by atoms with Crippen LogP contribution in [0.25, 0.3) is 0 Å². The zero-order valence-electron chi connectivity index (χ0n) is 12.1. The van der Waals surface area contributed by atoms with E-state index in [0.717, 1.165) is 11.1 Å². The molecule has 0 fully saturated rings. The van der Waals surface area contributed by atoms with Crippen molar-refractivity contribution in [3.63, 3.8) is 0 Å². The third-order valence-electron chi connectivity index (χ3n) is 2.87. The van der Waals surface area contributed by atoms with Crippen molar-refractivity contribution >= 4 is 5.91 Å². The lowest BCUT2D eigenvalue weighted by Crippen LogP contribution is -2.24. The van der Waals surface area contributed by atoms with Gasteiger partial charge in [-0.25, -0.2) is 4.98 Å². The van der Waals surface area contributed by atoms with Crippen molar-refractivity contribution in [2.75, 3.05) is 6.54 Å². The molecule has 2 rings (SSSR count). The average molecular weight is 283 g/mol. The topological polar surface area (TPSA) is 85.8 Å². The van der Waals surface area contributed by atoms with Gasteiger partial charge in [-0.3, -0.25) is 9.48 Å². The molecule has 6 heteroatoms. The maximum atomic E-state index is 12.2. The second-order valence-electron chi connectivity index (χ2n) is 4.55. The average Bonchev–Trinajstić information content (AvgIpc) is 2.89. The van der Waals surface area contributed by atoms with Crippen molar-refractivity contribution < 1.29 is 4.79 Å². The van der Waals surface area contributed by atoms with Gasteiger partial charge in [-0.1, -0.05) is 17.9 Å². The number of nitrogens with two attached hydrogens (primary N) is 1. The molecule has 0 unspecified atom stereocenters. The molecule has 1 aromatic heterocycles. The molecule has 1 amide bonds. The highest BCUT2D eigenvalue weighted by Crippen LogP contribution is 2.10. The number of hydrogen-bond donors (Lipinski definition) is 2. The van der Waals surface area contributed by atoms with Gasteiger partial charge in [0.25, 0.3) is 5.91 Å². The summed E-state index contributed by atoms with van der Waals surface area (Å²) < 4.78 is 1.59. The van der Waals surface area contributed by atoms with Gasteiger partial charge in [-0.05, 0) is 24.6 Å². The zero-order chi connectivity index (χ0) is 15.2. The molecule has 0 aliphatic carbocycles. The van der Waals surface area contributed by atoms with Crippen LogP contribution in [0, 0.1) is 18.8 Å². The minimum absolute atomic E-state index is 0.170. The summed E-state index contributed by atoms with van der Waals surface area (Å²) in [6, 6.07) is 5.50. The molecule has 108 valence electrons. The smallest absolute Gasteiger partial charge is 0.251 e. The number of carbonyl (C=O) groups is 1. The summed E-state index contributed by atoms with van der Waals surface area (Å²) in [6.07, 6.45) is 1.59. The molecular formula is C15H17N5O. The van der Waals surface area contributed by atoms with Crippen molar-refractivity contribution in [2.45, 2.75) is 13.5 Å². The monoisotopic (exact) mass is 283 g/mol. The molecule has 0 spiro atoms. The maximum absolute atomic E-state index is 12.2.